The first-order valence-electron chi connectivity index (χ1n) is 4.35. The summed E-state index contributed by atoms with van der Waals surface area (Å²) in [6.07, 6.45) is 3.05. The second kappa shape index (κ2) is 4.19. The summed E-state index contributed by atoms with van der Waals surface area (Å²) in [5.41, 5.74) is 0.422. The third-order valence-electron chi connectivity index (χ3n) is 1.89. The molecule has 2 rings (SSSR count). The Morgan fingerprint density at radius 2 is 1.73 bits per heavy atom. The largest absolute Gasteiger partial charge is 0.285 e. The lowest BCUT2D eigenvalue weighted by Crippen LogP contribution is -2.06. The fraction of sp³-hybridized carbons (Fsp3) is 0. The van der Waals surface area contributed by atoms with Crippen molar-refractivity contribution in [1.29, 1.82) is 0 Å². The van der Waals surface area contributed by atoms with Crippen LogP contribution in [0.2, 0.25) is 5.02 Å². The van der Waals surface area contributed by atoms with Gasteiger partial charge in [0, 0.05) is 18.0 Å². The maximum absolute atomic E-state index is 11.9. The zero-order valence-corrected chi connectivity index (χ0v) is 8.48. The molecule has 0 radical (unpaired) electrons. The third kappa shape index (κ3) is 2.02. The van der Waals surface area contributed by atoms with Gasteiger partial charge in [0.05, 0.1) is 5.02 Å². The molecule has 0 saturated heterocycles. The van der Waals surface area contributed by atoms with Crippen molar-refractivity contribution in [2.75, 3.05) is 0 Å². The standard InChI is InChI=1S/C11H7ClN2O/c12-9-5-2-1-4-8(9)10(15)11-13-6-3-7-14-11/h1-7H. The van der Waals surface area contributed by atoms with Crippen LogP contribution in [0.4, 0.5) is 0 Å². The fourth-order valence-electron chi connectivity index (χ4n) is 1.18. The van der Waals surface area contributed by atoms with E-state index in [4.69, 9.17) is 11.6 Å². The molecular weight excluding hydrogens is 212 g/mol. The fourth-order valence-corrected chi connectivity index (χ4v) is 1.40. The summed E-state index contributed by atoms with van der Waals surface area (Å²) >= 11 is 5.89. The molecule has 0 aliphatic heterocycles. The summed E-state index contributed by atoms with van der Waals surface area (Å²) in [5, 5.41) is 0.412. The van der Waals surface area contributed by atoms with E-state index >= 15 is 0 Å². The molecule has 0 amide bonds. The predicted molar refractivity (Wildman–Crippen MR) is 56.9 cm³/mol. The highest BCUT2D eigenvalue weighted by Gasteiger charge is 2.13. The van der Waals surface area contributed by atoms with E-state index < -0.39 is 0 Å². The highest BCUT2D eigenvalue weighted by molar-refractivity contribution is 6.34. The van der Waals surface area contributed by atoms with Crippen molar-refractivity contribution in [3.8, 4) is 0 Å². The highest BCUT2D eigenvalue weighted by atomic mass is 35.5. The Bertz CT molecular complexity index is 485. The van der Waals surface area contributed by atoms with E-state index in [1.807, 2.05) is 0 Å². The summed E-state index contributed by atoms with van der Waals surface area (Å²) in [5.74, 6) is -0.105. The van der Waals surface area contributed by atoms with Crippen molar-refractivity contribution in [1.82, 2.24) is 9.97 Å². The number of hydrogen-bond donors (Lipinski definition) is 0. The lowest BCUT2D eigenvalue weighted by molar-refractivity contribution is 0.102. The predicted octanol–water partition coefficient (Wildman–Crippen LogP) is 2.36. The summed E-state index contributed by atoms with van der Waals surface area (Å²) in [6, 6.07) is 8.50. The molecule has 1 aromatic carbocycles. The Labute approximate surface area is 91.8 Å². The number of halogens is 1. The summed E-state index contributed by atoms with van der Waals surface area (Å²) in [6.45, 7) is 0. The van der Waals surface area contributed by atoms with Crippen LogP contribution in [-0.4, -0.2) is 15.8 Å². The molecule has 74 valence electrons. The van der Waals surface area contributed by atoms with E-state index in [0.717, 1.165) is 0 Å². The molecule has 0 unspecified atom stereocenters. The summed E-state index contributed by atoms with van der Waals surface area (Å²) in [7, 11) is 0. The SMILES string of the molecule is O=C(c1ncccn1)c1ccccc1Cl. The molecule has 3 nitrogen and oxygen atoms in total. The summed E-state index contributed by atoms with van der Waals surface area (Å²) < 4.78 is 0. The number of benzene rings is 1. The molecule has 15 heavy (non-hydrogen) atoms. The molecule has 0 atom stereocenters. The molecular formula is C11H7ClN2O. The van der Waals surface area contributed by atoms with E-state index in [9.17, 15) is 4.79 Å². The number of carbonyl (C=O) groups excluding carboxylic acids is 1. The third-order valence-corrected chi connectivity index (χ3v) is 2.22. The minimum absolute atomic E-state index is 0.158. The average molecular weight is 219 g/mol. The van der Waals surface area contributed by atoms with E-state index in [0.29, 0.717) is 10.6 Å². The van der Waals surface area contributed by atoms with Gasteiger partial charge in [0.1, 0.15) is 0 Å². The normalized spacial score (nSPS) is 9.93. The Hall–Kier alpha value is -1.74. The van der Waals surface area contributed by atoms with Crippen LogP contribution >= 0.6 is 11.6 Å². The Morgan fingerprint density at radius 3 is 2.40 bits per heavy atom. The lowest BCUT2D eigenvalue weighted by atomic mass is 10.1. The van der Waals surface area contributed by atoms with Crippen LogP contribution in [0.15, 0.2) is 42.7 Å². The average Bonchev–Trinajstić information content (AvgIpc) is 2.30. The van der Waals surface area contributed by atoms with Crippen molar-refractivity contribution in [3.63, 3.8) is 0 Å². The lowest BCUT2D eigenvalue weighted by Gasteiger charge is -2.00. The molecule has 0 saturated carbocycles. The Kier molecular flexibility index (Phi) is 2.74. The van der Waals surface area contributed by atoms with E-state index in [2.05, 4.69) is 9.97 Å². The van der Waals surface area contributed by atoms with Gasteiger partial charge in [0.15, 0.2) is 0 Å². The number of nitrogens with zero attached hydrogens (tertiary/aromatic N) is 2. The smallest absolute Gasteiger partial charge is 0.231 e. The van der Waals surface area contributed by atoms with Gasteiger partial charge < -0.3 is 0 Å². The molecule has 0 fully saturated rings. The van der Waals surface area contributed by atoms with Crippen LogP contribution in [0.5, 0.6) is 0 Å². The van der Waals surface area contributed by atoms with Gasteiger partial charge in [0.2, 0.25) is 11.6 Å². The number of ketones is 1. The van der Waals surface area contributed by atoms with E-state index in [-0.39, 0.29) is 11.6 Å². The van der Waals surface area contributed by atoms with Crippen LogP contribution in [0.3, 0.4) is 0 Å². The van der Waals surface area contributed by atoms with Crippen LogP contribution in [0.1, 0.15) is 16.2 Å². The highest BCUT2D eigenvalue weighted by Crippen LogP contribution is 2.17. The summed E-state index contributed by atoms with van der Waals surface area (Å²) in [4.78, 5) is 19.6. The topological polar surface area (TPSA) is 42.9 Å². The van der Waals surface area contributed by atoms with Crippen molar-refractivity contribution >= 4 is 17.4 Å². The van der Waals surface area contributed by atoms with Gasteiger partial charge in [-0.2, -0.15) is 0 Å². The van der Waals surface area contributed by atoms with Gasteiger partial charge in [-0.05, 0) is 18.2 Å². The number of aromatic nitrogens is 2. The van der Waals surface area contributed by atoms with Crippen molar-refractivity contribution < 1.29 is 4.79 Å². The zero-order chi connectivity index (χ0) is 10.7. The molecule has 0 bridgehead atoms. The van der Waals surface area contributed by atoms with Crippen molar-refractivity contribution in [2.24, 2.45) is 0 Å². The number of carbonyl (C=O) groups is 1. The maximum atomic E-state index is 11.9. The van der Waals surface area contributed by atoms with Gasteiger partial charge in [-0.1, -0.05) is 23.7 Å². The van der Waals surface area contributed by atoms with E-state index in [1.165, 1.54) is 12.4 Å². The van der Waals surface area contributed by atoms with Gasteiger partial charge in [-0.15, -0.1) is 0 Å². The first-order valence-corrected chi connectivity index (χ1v) is 4.73. The number of rotatable bonds is 2. The maximum Gasteiger partial charge on any atom is 0.231 e. The second-order valence-corrected chi connectivity index (χ2v) is 3.29. The van der Waals surface area contributed by atoms with Crippen molar-refractivity contribution in [2.45, 2.75) is 0 Å². The van der Waals surface area contributed by atoms with Crippen molar-refractivity contribution in [3.05, 3.63) is 59.1 Å². The minimum atomic E-state index is -0.263. The Balaban J connectivity index is 2.42. The number of hydrogen-bond acceptors (Lipinski definition) is 3. The molecule has 4 heteroatoms. The van der Waals surface area contributed by atoms with Gasteiger partial charge in [-0.25, -0.2) is 9.97 Å². The minimum Gasteiger partial charge on any atom is -0.285 e. The van der Waals surface area contributed by atoms with Crippen LogP contribution in [-0.2, 0) is 0 Å². The van der Waals surface area contributed by atoms with Crippen LogP contribution < -0.4 is 0 Å². The molecule has 0 N–H and O–H groups in total. The molecule has 2 aromatic rings. The van der Waals surface area contributed by atoms with Crippen LogP contribution in [0, 0.1) is 0 Å². The zero-order valence-electron chi connectivity index (χ0n) is 7.72. The molecule has 0 aliphatic carbocycles. The molecule has 1 aromatic heterocycles. The van der Waals surface area contributed by atoms with Gasteiger partial charge in [0.25, 0.3) is 0 Å². The first-order chi connectivity index (χ1) is 7.29. The van der Waals surface area contributed by atoms with Gasteiger partial charge >= 0.3 is 0 Å². The van der Waals surface area contributed by atoms with Crippen LogP contribution in [0.25, 0.3) is 0 Å². The first kappa shape index (κ1) is 9.80. The van der Waals surface area contributed by atoms with E-state index in [1.54, 1.807) is 30.3 Å². The Morgan fingerprint density at radius 1 is 1.07 bits per heavy atom. The second-order valence-electron chi connectivity index (χ2n) is 2.88. The quantitative estimate of drug-likeness (QED) is 0.727. The molecule has 0 aliphatic rings. The molecule has 1 heterocycles. The van der Waals surface area contributed by atoms with Gasteiger partial charge in [-0.3, -0.25) is 4.79 Å². The monoisotopic (exact) mass is 218 g/mol. The molecule has 0 spiro atoms.